The molecule has 0 aliphatic carbocycles. The lowest BCUT2D eigenvalue weighted by molar-refractivity contribution is -0.117. The highest BCUT2D eigenvalue weighted by Crippen LogP contribution is 2.30. The van der Waals surface area contributed by atoms with Crippen molar-refractivity contribution in [2.24, 2.45) is 0 Å². The molecule has 0 saturated carbocycles. The first-order valence-electron chi connectivity index (χ1n) is 8.38. The molecule has 1 amide bonds. The van der Waals surface area contributed by atoms with Crippen LogP contribution in [0.4, 0.5) is 11.4 Å². The number of nitrogens with zero attached hydrogens (tertiary/aromatic N) is 1. The van der Waals surface area contributed by atoms with Crippen LogP contribution in [0.15, 0.2) is 53.9 Å². The summed E-state index contributed by atoms with van der Waals surface area (Å²) in [5.74, 6) is 0.0577. The molecule has 1 aromatic heterocycles. The van der Waals surface area contributed by atoms with Gasteiger partial charge in [0.1, 0.15) is 0 Å². The van der Waals surface area contributed by atoms with Crippen molar-refractivity contribution in [2.75, 3.05) is 17.7 Å². The third-order valence-electron chi connectivity index (χ3n) is 4.78. The number of hydrogen-bond acceptors (Lipinski definition) is 4. The number of Topliss-reactive ketones (excluding diaryl/α,β-unsaturated/α-hetero) is 1. The summed E-state index contributed by atoms with van der Waals surface area (Å²) in [6, 6.07) is 15.3. The van der Waals surface area contributed by atoms with Crippen molar-refractivity contribution in [2.45, 2.75) is 12.8 Å². The van der Waals surface area contributed by atoms with Crippen molar-refractivity contribution in [3.8, 4) is 10.4 Å². The second-order valence-electron chi connectivity index (χ2n) is 6.46. The SMILES string of the molecule is CN1C(=O)Cc2cc(C(=O)Cc3cc(-c4cccs4)ccc3N)ccc21. The van der Waals surface area contributed by atoms with Gasteiger partial charge >= 0.3 is 0 Å². The molecular weight excluding hydrogens is 344 g/mol. The van der Waals surface area contributed by atoms with Gasteiger partial charge in [-0.25, -0.2) is 0 Å². The number of thiophene rings is 1. The van der Waals surface area contributed by atoms with Crippen molar-refractivity contribution < 1.29 is 9.59 Å². The van der Waals surface area contributed by atoms with Gasteiger partial charge in [-0.15, -0.1) is 11.3 Å². The average Bonchev–Trinajstić information content (AvgIpc) is 3.26. The third kappa shape index (κ3) is 2.91. The Balaban J connectivity index is 1.60. The van der Waals surface area contributed by atoms with Gasteiger partial charge in [0.2, 0.25) is 5.91 Å². The van der Waals surface area contributed by atoms with E-state index in [1.807, 2.05) is 41.8 Å². The Morgan fingerprint density at radius 2 is 2.04 bits per heavy atom. The maximum Gasteiger partial charge on any atom is 0.231 e. The summed E-state index contributed by atoms with van der Waals surface area (Å²) in [5.41, 5.74) is 11.0. The van der Waals surface area contributed by atoms with Crippen LogP contribution >= 0.6 is 11.3 Å². The van der Waals surface area contributed by atoms with E-state index in [9.17, 15) is 9.59 Å². The zero-order chi connectivity index (χ0) is 18.3. The van der Waals surface area contributed by atoms with Gasteiger partial charge in [-0.3, -0.25) is 9.59 Å². The Morgan fingerprint density at radius 1 is 1.19 bits per heavy atom. The predicted octanol–water partition coefficient (Wildman–Crippen LogP) is 3.94. The van der Waals surface area contributed by atoms with Crippen molar-refractivity contribution in [1.29, 1.82) is 0 Å². The summed E-state index contributed by atoms with van der Waals surface area (Å²) in [4.78, 5) is 27.4. The summed E-state index contributed by atoms with van der Waals surface area (Å²) < 4.78 is 0. The van der Waals surface area contributed by atoms with Crippen LogP contribution in [0, 0.1) is 0 Å². The minimum absolute atomic E-state index is 0.00447. The maximum absolute atomic E-state index is 12.8. The molecule has 1 aliphatic rings. The van der Waals surface area contributed by atoms with Crippen LogP contribution in [0.1, 0.15) is 21.5 Å². The molecule has 2 N–H and O–H groups in total. The number of benzene rings is 2. The van der Waals surface area contributed by atoms with Gasteiger partial charge in [-0.2, -0.15) is 0 Å². The molecule has 2 heterocycles. The van der Waals surface area contributed by atoms with Crippen LogP contribution in [0.5, 0.6) is 0 Å². The van der Waals surface area contributed by atoms with E-state index in [2.05, 4.69) is 6.07 Å². The van der Waals surface area contributed by atoms with Gasteiger partial charge in [0, 0.05) is 35.3 Å². The summed E-state index contributed by atoms with van der Waals surface area (Å²) in [7, 11) is 1.76. The van der Waals surface area contributed by atoms with Crippen LogP contribution in [0.3, 0.4) is 0 Å². The van der Waals surface area contributed by atoms with Crippen molar-refractivity contribution in [3.63, 3.8) is 0 Å². The van der Waals surface area contributed by atoms with Crippen LogP contribution < -0.4 is 10.6 Å². The van der Waals surface area contributed by atoms with E-state index in [-0.39, 0.29) is 18.1 Å². The zero-order valence-electron chi connectivity index (χ0n) is 14.4. The molecule has 3 aromatic rings. The summed E-state index contributed by atoms with van der Waals surface area (Å²) in [5, 5.41) is 2.03. The number of nitrogen functional groups attached to an aromatic ring is 1. The van der Waals surface area contributed by atoms with Crippen LogP contribution in [-0.4, -0.2) is 18.7 Å². The number of carbonyl (C=O) groups excluding carboxylic acids is 2. The molecule has 130 valence electrons. The highest BCUT2D eigenvalue weighted by Gasteiger charge is 2.24. The van der Waals surface area contributed by atoms with E-state index in [0.29, 0.717) is 17.7 Å². The van der Waals surface area contributed by atoms with Gasteiger partial charge < -0.3 is 10.6 Å². The maximum atomic E-state index is 12.8. The second-order valence-corrected chi connectivity index (χ2v) is 7.41. The van der Waals surface area contributed by atoms with Gasteiger partial charge in [-0.05, 0) is 58.5 Å². The molecule has 0 saturated heterocycles. The van der Waals surface area contributed by atoms with E-state index in [1.165, 1.54) is 0 Å². The fourth-order valence-corrected chi connectivity index (χ4v) is 4.00. The first-order valence-corrected chi connectivity index (χ1v) is 9.26. The van der Waals surface area contributed by atoms with E-state index in [4.69, 9.17) is 5.73 Å². The average molecular weight is 362 g/mol. The number of ketones is 1. The fraction of sp³-hybridized carbons (Fsp3) is 0.143. The Morgan fingerprint density at radius 3 is 2.81 bits per heavy atom. The second kappa shape index (κ2) is 6.42. The number of anilines is 2. The molecule has 5 heteroatoms. The van der Waals surface area contributed by atoms with E-state index < -0.39 is 0 Å². The largest absolute Gasteiger partial charge is 0.398 e. The number of nitrogens with two attached hydrogens (primary N) is 1. The quantitative estimate of drug-likeness (QED) is 0.565. The van der Waals surface area contributed by atoms with Crippen LogP contribution in [0.2, 0.25) is 0 Å². The molecule has 0 unspecified atom stereocenters. The van der Waals surface area contributed by atoms with Crippen molar-refractivity contribution in [3.05, 3.63) is 70.6 Å². The number of fused-ring (bicyclic) bond motifs is 1. The lowest BCUT2D eigenvalue weighted by atomic mass is 9.98. The lowest BCUT2D eigenvalue weighted by Crippen LogP contribution is -2.20. The molecule has 0 radical (unpaired) electrons. The zero-order valence-corrected chi connectivity index (χ0v) is 15.2. The molecule has 0 atom stereocenters. The smallest absolute Gasteiger partial charge is 0.231 e. The highest BCUT2D eigenvalue weighted by molar-refractivity contribution is 7.13. The molecule has 1 aliphatic heterocycles. The normalized spacial score (nSPS) is 13.1. The molecular formula is C21H18N2O2S. The minimum Gasteiger partial charge on any atom is -0.398 e. The lowest BCUT2D eigenvalue weighted by Gasteiger charge is -2.11. The summed E-state index contributed by atoms with van der Waals surface area (Å²) in [6.07, 6.45) is 0.594. The van der Waals surface area contributed by atoms with E-state index >= 15 is 0 Å². The van der Waals surface area contributed by atoms with Gasteiger partial charge in [0.25, 0.3) is 0 Å². The Bertz CT molecular complexity index is 1010. The predicted molar refractivity (Wildman–Crippen MR) is 106 cm³/mol. The van der Waals surface area contributed by atoms with Crippen molar-refractivity contribution >= 4 is 34.4 Å². The van der Waals surface area contributed by atoms with Gasteiger partial charge in [-0.1, -0.05) is 12.1 Å². The molecule has 0 bridgehead atoms. The van der Waals surface area contributed by atoms with Crippen LogP contribution in [0.25, 0.3) is 10.4 Å². The van der Waals surface area contributed by atoms with Gasteiger partial charge in [0.15, 0.2) is 5.78 Å². The molecule has 2 aromatic carbocycles. The number of rotatable bonds is 4. The monoisotopic (exact) mass is 362 g/mol. The number of carbonyl (C=O) groups is 2. The summed E-state index contributed by atoms with van der Waals surface area (Å²) in [6.45, 7) is 0. The standard InChI is InChI=1S/C21H18N2O2S/c1-23-18-7-5-13(9-16(18)12-21(23)25)19(24)11-15-10-14(4-6-17(15)22)20-3-2-8-26-20/h2-10H,11-12,22H2,1H3. The summed E-state index contributed by atoms with van der Waals surface area (Å²) >= 11 is 1.66. The number of likely N-dealkylation sites (N-methyl/N-ethyl adjacent to an activating group) is 1. The highest BCUT2D eigenvalue weighted by atomic mass is 32.1. The van der Waals surface area contributed by atoms with Crippen LogP contribution in [-0.2, 0) is 17.6 Å². The van der Waals surface area contributed by atoms with Gasteiger partial charge in [0.05, 0.1) is 6.42 Å². The molecule has 0 fully saturated rings. The Kier molecular flexibility index (Phi) is 4.09. The first kappa shape index (κ1) is 16.5. The Labute approximate surface area is 155 Å². The molecule has 4 rings (SSSR count). The molecule has 26 heavy (non-hydrogen) atoms. The minimum atomic E-state index is 0.00447. The topological polar surface area (TPSA) is 63.4 Å². The first-order chi connectivity index (χ1) is 12.5. The number of amides is 1. The third-order valence-corrected chi connectivity index (χ3v) is 5.70. The number of hydrogen-bond donors (Lipinski definition) is 1. The van der Waals surface area contributed by atoms with Crippen molar-refractivity contribution in [1.82, 2.24) is 0 Å². The molecule has 0 spiro atoms. The fourth-order valence-electron chi connectivity index (χ4n) is 3.27. The molecule has 4 nitrogen and oxygen atoms in total. The Hall–Kier alpha value is -2.92. The van der Waals surface area contributed by atoms with E-state index in [1.54, 1.807) is 29.4 Å². The van der Waals surface area contributed by atoms with E-state index in [0.717, 1.165) is 27.3 Å².